The van der Waals surface area contributed by atoms with Crippen molar-refractivity contribution >= 4 is 17.2 Å². The lowest BCUT2D eigenvalue weighted by atomic mass is 10.1. The minimum atomic E-state index is -0.289. The van der Waals surface area contributed by atoms with E-state index in [1.807, 2.05) is 19.1 Å². The van der Waals surface area contributed by atoms with Gasteiger partial charge in [0.1, 0.15) is 15.7 Å². The Morgan fingerprint density at radius 1 is 1.18 bits per heavy atom. The predicted molar refractivity (Wildman–Crippen MR) is 112 cm³/mol. The highest BCUT2D eigenvalue weighted by atomic mass is 32.1. The molecule has 0 saturated carbocycles. The van der Waals surface area contributed by atoms with Crippen LogP contribution in [0.4, 0.5) is 4.39 Å². The van der Waals surface area contributed by atoms with E-state index in [9.17, 15) is 9.18 Å². The second-order valence-corrected chi connectivity index (χ2v) is 7.77. The van der Waals surface area contributed by atoms with Gasteiger partial charge in [0.2, 0.25) is 0 Å². The van der Waals surface area contributed by atoms with Crippen LogP contribution in [0.25, 0.3) is 10.6 Å². The van der Waals surface area contributed by atoms with Crippen LogP contribution in [-0.2, 0) is 13.1 Å². The molecule has 0 spiro atoms. The highest BCUT2D eigenvalue weighted by molar-refractivity contribution is 7.17. The number of aryl methyl sites for hydroxylation is 1. The van der Waals surface area contributed by atoms with Gasteiger partial charge in [0.05, 0.1) is 5.69 Å². The normalized spacial score (nSPS) is 11.0. The smallest absolute Gasteiger partial charge is 0.263 e. The molecule has 0 aliphatic carbocycles. The number of aromatic nitrogens is 1. The van der Waals surface area contributed by atoms with Gasteiger partial charge in [-0.25, -0.2) is 9.37 Å². The average Bonchev–Trinajstić information content (AvgIpc) is 3.08. The molecule has 1 aromatic heterocycles. The fraction of sp³-hybridized carbons (Fsp3) is 0.273. The maximum Gasteiger partial charge on any atom is 0.263 e. The first kappa shape index (κ1) is 20.2. The molecule has 0 unspecified atom stereocenters. The molecule has 0 saturated heterocycles. The Kier molecular flexibility index (Phi) is 6.54. The minimum absolute atomic E-state index is 0.139. The highest BCUT2D eigenvalue weighted by Gasteiger charge is 2.16. The molecule has 1 heterocycles. The fourth-order valence-corrected chi connectivity index (χ4v) is 3.84. The minimum Gasteiger partial charge on any atom is -0.347 e. The Morgan fingerprint density at radius 3 is 2.61 bits per heavy atom. The van der Waals surface area contributed by atoms with Crippen molar-refractivity contribution in [3.05, 3.63) is 76.0 Å². The molecule has 6 heteroatoms. The zero-order valence-corrected chi connectivity index (χ0v) is 17.1. The number of carbonyl (C=O) groups excluding carboxylic acids is 1. The van der Waals surface area contributed by atoms with Gasteiger partial charge in [-0.3, -0.25) is 4.79 Å². The van der Waals surface area contributed by atoms with Gasteiger partial charge in [0.25, 0.3) is 5.91 Å². The number of carbonyl (C=O) groups is 1. The largest absolute Gasteiger partial charge is 0.347 e. The van der Waals surface area contributed by atoms with E-state index in [1.54, 1.807) is 12.1 Å². The van der Waals surface area contributed by atoms with Gasteiger partial charge in [-0.15, -0.1) is 11.3 Å². The molecule has 3 rings (SSSR count). The summed E-state index contributed by atoms with van der Waals surface area (Å²) in [6, 6.07) is 14.4. The highest BCUT2D eigenvalue weighted by Crippen LogP contribution is 2.28. The predicted octanol–water partition coefficient (Wildman–Crippen LogP) is 4.64. The number of nitrogens with one attached hydrogen (secondary N) is 1. The second kappa shape index (κ2) is 9.08. The van der Waals surface area contributed by atoms with Crippen molar-refractivity contribution in [3.8, 4) is 10.6 Å². The van der Waals surface area contributed by atoms with Crippen LogP contribution in [0.3, 0.4) is 0 Å². The summed E-state index contributed by atoms with van der Waals surface area (Å²) in [5.41, 5.74) is 3.78. The number of benzene rings is 2. The van der Waals surface area contributed by atoms with Crippen LogP contribution >= 0.6 is 11.3 Å². The lowest BCUT2D eigenvalue weighted by molar-refractivity contribution is 0.0954. The molecule has 2 aromatic carbocycles. The summed E-state index contributed by atoms with van der Waals surface area (Å²) >= 11 is 1.32. The van der Waals surface area contributed by atoms with Gasteiger partial charge in [-0.1, -0.05) is 31.2 Å². The molecule has 146 valence electrons. The molecule has 3 aromatic rings. The maximum atomic E-state index is 13.1. The number of rotatable bonds is 7. The van der Waals surface area contributed by atoms with Crippen LogP contribution in [-0.4, -0.2) is 29.4 Å². The molecule has 0 bridgehead atoms. The fourth-order valence-electron chi connectivity index (χ4n) is 2.85. The standard InChI is InChI=1S/C22H24FN3OS/c1-4-26(3)14-17-7-5-6-16(12-17)13-24-21(27)20-15(2)25-22(28-20)18-8-10-19(23)11-9-18/h5-12H,4,13-14H2,1-3H3,(H,24,27). The molecule has 1 N–H and O–H groups in total. The molecule has 0 fully saturated rings. The van der Waals surface area contributed by atoms with E-state index in [0.29, 0.717) is 22.1 Å². The van der Waals surface area contributed by atoms with Gasteiger partial charge < -0.3 is 10.2 Å². The van der Waals surface area contributed by atoms with E-state index in [1.165, 1.54) is 29.0 Å². The summed E-state index contributed by atoms with van der Waals surface area (Å²) < 4.78 is 13.1. The topological polar surface area (TPSA) is 45.2 Å². The SMILES string of the molecule is CCN(C)Cc1cccc(CNC(=O)c2sc(-c3ccc(F)cc3)nc2C)c1. The van der Waals surface area contributed by atoms with Crippen LogP contribution in [0.15, 0.2) is 48.5 Å². The van der Waals surface area contributed by atoms with Crippen LogP contribution in [0.1, 0.15) is 33.4 Å². The van der Waals surface area contributed by atoms with Crippen LogP contribution < -0.4 is 5.32 Å². The summed E-state index contributed by atoms with van der Waals surface area (Å²) in [5.74, 6) is -0.429. The van der Waals surface area contributed by atoms with E-state index in [0.717, 1.165) is 24.2 Å². The number of hydrogen-bond acceptors (Lipinski definition) is 4. The van der Waals surface area contributed by atoms with Crippen molar-refractivity contribution < 1.29 is 9.18 Å². The third-order valence-corrected chi connectivity index (χ3v) is 5.74. The third-order valence-electron chi connectivity index (χ3n) is 4.53. The van der Waals surface area contributed by atoms with Gasteiger partial charge in [-0.05, 0) is 55.9 Å². The zero-order chi connectivity index (χ0) is 20.1. The summed E-state index contributed by atoms with van der Waals surface area (Å²) in [4.78, 5) is 19.9. The van der Waals surface area contributed by atoms with Gasteiger partial charge in [0.15, 0.2) is 0 Å². The van der Waals surface area contributed by atoms with Crippen molar-refractivity contribution in [1.29, 1.82) is 0 Å². The Bertz CT molecular complexity index is 953. The summed E-state index contributed by atoms with van der Waals surface area (Å²) in [5, 5.41) is 3.70. The van der Waals surface area contributed by atoms with Crippen LogP contribution in [0.2, 0.25) is 0 Å². The molecular formula is C22H24FN3OS. The number of hydrogen-bond donors (Lipinski definition) is 1. The van der Waals surface area contributed by atoms with E-state index in [-0.39, 0.29) is 11.7 Å². The Hall–Kier alpha value is -2.57. The van der Waals surface area contributed by atoms with Crippen LogP contribution in [0, 0.1) is 12.7 Å². The van der Waals surface area contributed by atoms with Crippen molar-refractivity contribution in [1.82, 2.24) is 15.2 Å². The van der Waals surface area contributed by atoms with E-state index < -0.39 is 0 Å². The number of thiazole rings is 1. The van der Waals surface area contributed by atoms with Crippen molar-refractivity contribution in [2.24, 2.45) is 0 Å². The first-order chi connectivity index (χ1) is 13.5. The van der Waals surface area contributed by atoms with Crippen LogP contribution in [0.5, 0.6) is 0 Å². The van der Waals surface area contributed by atoms with Gasteiger partial charge in [0, 0.05) is 18.7 Å². The monoisotopic (exact) mass is 397 g/mol. The number of halogens is 1. The molecule has 4 nitrogen and oxygen atoms in total. The Labute approximate surface area is 169 Å². The molecule has 28 heavy (non-hydrogen) atoms. The lowest BCUT2D eigenvalue weighted by Gasteiger charge is -2.14. The van der Waals surface area contributed by atoms with Gasteiger partial charge >= 0.3 is 0 Å². The Morgan fingerprint density at radius 2 is 1.89 bits per heavy atom. The lowest BCUT2D eigenvalue weighted by Crippen LogP contribution is -2.23. The quantitative estimate of drug-likeness (QED) is 0.632. The second-order valence-electron chi connectivity index (χ2n) is 6.77. The van der Waals surface area contributed by atoms with Crippen molar-refractivity contribution in [2.75, 3.05) is 13.6 Å². The van der Waals surface area contributed by atoms with E-state index in [4.69, 9.17) is 0 Å². The van der Waals surface area contributed by atoms with E-state index >= 15 is 0 Å². The average molecular weight is 398 g/mol. The third kappa shape index (κ3) is 5.03. The maximum absolute atomic E-state index is 13.1. The zero-order valence-electron chi connectivity index (χ0n) is 16.3. The van der Waals surface area contributed by atoms with Gasteiger partial charge in [-0.2, -0.15) is 0 Å². The molecular weight excluding hydrogens is 373 g/mol. The summed E-state index contributed by atoms with van der Waals surface area (Å²) in [7, 11) is 2.08. The number of nitrogens with zero attached hydrogens (tertiary/aromatic N) is 2. The first-order valence-electron chi connectivity index (χ1n) is 9.24. The van der Waals surface area contributed by atoms with Crippen molar-refractivity contribution in [3.63, 3.8) is 0 Å². The summed E-state index contributed by atoms with van der Waals surface area (Å²) in [6.45, 7) is 6.28. The molecule has 0 atom stereocenters. The van der Waals surface area contributed by atoms with Crippen molar-refractivity contribution in [2.45, 2.75) is 26.9 Å². The first-order valence-corrected chi connectivity index (χ1v) is 10.1. The molecule has 0 radical (unpaired) electrons. The molecule has 0 aliphatic heterocycles. The Balaban J connectivity index is 1.67. The molecule has 0 aliphatic rings. The molecule has 1 amide bonds. The number of amides is 1. The summed E-state index contributed by atoms with van der Waals surface area (Å²) in [6.07, 6.45) is 0. The van der Waals surface area contributed by atoms with E-state index in [2.05, 4.69) is 41.3 Å².